The molecular weight excluding hydrogens is 210 g/mol. The highest BCUT2D eigenvalue weighted by Crippen LogP contribution is 2.21. The van der Waals surface area contributed by atoms with Crippen molar-refractivity contribution in [1.29, 1.82) is 0 Å². The molecule has 1 aromatic rings. The zero-order chi connectivity index (χ0) is 11.5. The van der Waals surface area contributed by atoms with Crippen LogP contribution < -0.4 is 0 Å². The Kier molecular flexibility index (Phi) is 2.95. The molecule has 0 N–H and O–H groups in total. The lowest BCUT2D eigenvalue weighted by Crippen LogP contribution is -2.06. The summed E-state index contributed by atoms with van der Waals surface area (Å²) in [7, 11) is 0. The lowest BCUT2D eigenvalue weighted by Gasteiger charge is -2.08. The van der Waals surface area contributed by atoms with Gasteiger partial charge in [-0.2, -0.15) is 0 Å². The van der Waals surface area contributed by atoms with E-state index >= 15 is 0 Å². The normalized spacial score (nSPS) is 15.4. The Hall–Kier alpha value is -1.77. The fourth-order valence-corrected chi connectivity index (χ4v) is 1.66. The predicted octanol–water partition coefficient (Wildman–Crippen LogP) is 3.58. The molecule has 1 aromatic carbocycles. The average molecular weight is 220 g/mol. The molecule has 0 unspecified atom stereocenters. The zero-order valence-electron chi connectivity index (χ0n) is 8.54. The second-order valence-electron chi connectivity index (χ2n) is 3.64. The van der Waals surface area contributed by atoms with Gasteiger partial charge in [0.1, 0.15) is 11.6 Å². The van der Waals surface area contributed by atoms with Crippen LogP contribution in [-0.4, -0.2) is 5.78 Å². The molecule has 1 nitrogen and oxygen atoms in total. The van der Waals surface area contributed by atoms with Crippen LogP contribution in [0.2, 0.25) is 0 Å². The summed E-state index contributed by atoms with van der Waals surface area (Å²) in [6, 6.07) is 5.44. The molecule has 1 aliphatic carbocycles. The number of rotatable bonds is 2. The Morgan fingerprint density at radius 1 is 1.25 bits per heavy atom. The summed E-state index contributed by atoms with van der Waals surface area (Å²) in [6.07, 6.45) is 3.67. The van der Waals surface area contributed by atoms with E-state index in [2.05, 4.69) is 0 Å². The van der Waals surface area contributed by atoms with Crippen molar-refractivity contribution in [2.45, 2.75) is 12.8 Å². The molecule has 82 valence electrons. The van der Waals surface area contributed by atoms with Crippen molar-refractivity contribution in [3.63, 3.8) is 0 Å². The lowest BCUT2D eigenvalue weighted by molar-refractivity contribution is 0.102. The molecule has 0 saturated carbocycles. The van der Waals surface area contributed by atoms with E-state index in [0.717, 1.165) is 0 Å². The third kappa shape index (κ3) is 2.24. The fraction of sp³-hybridized carbons (Fsp3) is 0.154. The Bertz CT molecular complexity index is 486. The summed E-state index contributed by atoms with van der Waals surface area (Å²) < 4.78 is 25.9. The van der Waals surface area contributed by atoms with Gasteiger partial charge in [0.15, 0.2) is 5.78 Å². The van der Waals surface area contributed by atoms with Gasteiger partial charge >= 0.3 is 0 Å². The molecule has 0 bridgehead atoms. The summed E-state index contributed by atoms with van der Waals surface area (Å²) >= 11 is 0. The van der Waals surface area contributed by atoms with E-state index in [1.165, 1.54) is 36.4 Å². The van der Waals surface area contributed by atoms with Crippen molar-refractivity contribution < 1.29 is 13.6 Å². The number of carbonyl (C=O) groups excluding carboxylic acids is 1. The van der Waals surface area contributed by atoms with Gasteiger partial charge in [-0.1, -0.05) is 12.1 Å². The van der Waals surface area contributed by atoms with Gasteiger partial charge < -0.3 is 0 Å². The van der Waals surface area contributed by atoms with E-state index in [-0.39, 0.29) is 11.3 Å². The lowest BCUT2D eigenvalue weighted by atomic mass is 9.96. The SMILES string of the molecule is O=C(C1=CC(F)=CCC1)c1cccc(F)c1. The first kappa shape index (κ1) is 10.7. The van der Waals surface area contributed by atoms with Gasteiger partial charge in [-0.15, -0.1) is 0 Å². The van der Waals surface area contributed by atoms with Gasteiger partial charge in [0, 0.05) is 11.1 Å². The van der Waals surface area contributed by atoms with Crippen molar-refractivity contribution in [2.24, 2.45) is 0 Å². The second kappa shape index (κ2) is 4.39. The van der Waals surface area contributed by atoms with Crippen LogP contribution in [0.4, 0.5) is 8.78 Å². The van der Waals surface area contributed by atoms with Gasteiger partial charge in [0.2, 0.25) is 0 Å². The molecule has 0 fully saturated rings. The van der Waals surface area contributed by atoms with Crippen molar-refractivity contribution in [3.05, 3.63) is 59.2 Å². The third-order valence-electron chi connectivity index (χ3n) is 2.44. The van der Waals surface area contributed by atoms with Crippen LogP contribution >= 0.6 is 0 Å². The minimum absolute atomic E-state index is 0.265. The van der Waals surface area contributed by atoms with Crippen LogP contribution in [0.15, 0.2) is 47.8 Å². The van der Waals surface area contributed by atoms with Crippen LogP contribution in [0.5, 0.6) is 0 Å². The molecule has 2 rings (SSSR count). The monoisotopic (exact) mass is 220 g/mol. The van der Waals surface area contributed by atoms with Gasteiger partial charge in [0.05, 0.1) is 0 Å². The number of halogens is 2. The van der Waals surface area contributed by atoms with Crippen LogP contribution in [-0.2, 0) is 0 Å². The summed E-state index contributed by atoms with van der Waals surface area (Å²) in [5.74, 6) is -1.16. The van der Waals surface area contributed by atoms with Gasteiger partial charge in [-0.25, -0.2) is 8.78 Å². The molecule has 0 heterocycles. The molecular formula is C13H10F2O. The quantitative estimate of drug-likeness (QED) is 0.696. The maximum absolute atomic E-state index is 12.9. The fourth-order valence-electron chi connectivity index (χ4n) is 1.66. The second-order valence-corrected chi connectivity index (χ2v) is 3.64. The highest BCUT2D eigenvalue weighted by molar-refractivity contribution is 6.09. The van der Waals surface area contributed by atoms with Crippen molar-refractivity contribution in [2.75, 3.05) is 0 Å². The van der Waals surface area contributed by atoms with Gasteiger partial charge in [-0.3, -0.25) is 4.79 Å². The van der Waals surface area contributed by atoms with Crippen LogP contribution in [0.25, 0.3) is 0 Å². The topological polar surface area (TPSA) is 17.1 Å². The molecule has 1 aliphatic rings. The number of carbonyl (C=O) groups is 1. The first-order chi connectivity index (χ1) is 7.66. The third-order valence-corrected chi connectivity index (χ3v) is 2.44. The molecule has 0 radical (unpaired) electrons. The maximum Gasteiger partial charge on any atom is 0.189 e. The number of hydrogen-bond acceptors (Lipinski definition) is 1. The Morgan fingerprint density at radius 3 is 2.75 bits per heavy atom. The van der Waals surface area contributed by atoms with Crippen molar-refractivity contribution >= 4 is 5.78 Å². The first-order valence-electron chi connectivity index (χ1n) is 5.03. The maximum atomic E-state index is 12.9. The minimum Gasteiger partial charge on any atom is -0.289 e. The summed E-state index contributed by atoms with van der Waals surface area (Å²) in [5, 5.41) is 0. The van der Waals surface area contributed by atoms with Crippen LogP contribution in [0, 0.1) is 5.82 Å². The van der Waals surface area contributed by atoms with Crippen molar-refractivity contribution in [3.8, 4) is 0 Å². The highest BCUT2D eigenvalue weighted by Gasteiger charge is 2.15. The molecule has 0 saturated heterocycles. The predicted molar refractivity (Wildman–Crippen MR) is 57.2 cm³/mol. The Balaban J connectivity index is 2.29. The summed E-state index contributed by atoms with van der Waals surface area (Å²) in [6.45, 7) is 0. The smallest absolute Gasteiger partial charge is 0.189 e. The van der Waals surface area contributed by atoms with E-state index in [1.807, 2.05) is 0 Å². The number of benzene rings is 1. The zero-order valence-corrected chi connectivity index (χ0v) is 8.54. The Labute approximate surface area is 92.1 Å². The van der Waals surface area contributed by atoms with Crippen LogP contribution in [0.1, 0.15) is 23.2 Å². The molecule has 3 heteroatoms. The minimum atomic E-state index is -0.460. The summed E-state index contributed by atoms with van der Waals surface area (Å²) in [5.41, 5.74) is 0.659. The van der Waals surface area contributed by atoms with Gasteiger partial charge in [0.25, 0.3) is 0 Å². The molecule has 0 aliphatic heterocycles. The largest absolute Gasteiger partial charge is 0.289 e. The number of ketones is 1. The Morgan fingerprint density at radius 2 is 2.06 bits per heavy atom. The van der Waals surface area contributed by atoms with E-state index in [4.69, 9.17) is 0 Å². The number of hydrogen-bond donors (Lipinski definition) is 0. The molecule has 0 amide bonds. The van der Waals surface area contributed by atoms with Crippen molar-refractivity contribution in [1.82, 2.24) is 0 Å². The molecule has 0 spiro atoms. The van der Waals surface area contributed by atoms with E-state index < -0.39 is 11.6 Å². The van der Waals surface area contributed by atoms with E-state index in [0.29, 0.717) is 18.4 Å². The average Bonchev–Trinajstić information content (AvgIpc) is 2.28. The highest BCUT2D eigenvalue weighted by atomic mass is 19.1. The number of Topliss-reactive ketones (excluding diaryl/α,β-unsaturated/α-hetero) is 1. The standard InChI is InChI=1S/C13H10F2O/c14-11-5-1-3-9(7-11)13(16)10-4-2-6-12(15)8-10/h1,3,5-8H,2,4H2. The first-order valence-corrected chi connectivity index (χ1v) is 5.03. The van der Waals surface area contributed by atoms with E-state index in [1.54, 1.807) is 0 Å². The molecule has 0 aromatic heterocycles. The van der Waals surface area contributed by atoms with Crippen LogP contribution in [0.3, 0.4) is 0 Å². The molecule has 0 atom stereocenters. The molecule has 16 heavy (non-hydrogen) atoms. The van der Waals surface area contributed by atoms with E-state index in [9.17, 15) is 13.6 Å². The number of allylic oxidation sites excluding steroid dienone is 4. The summed E-state index contributed by atoms with van der Waals surface area (Å²) in [4.78, 5) is 11.9. The van der Waals surface area contributed by atoms with Gasteiger partial charge in [-0.05, 0) is 37.1 Å².